The summed E-state index contributed by atoms with van der Waals surface area (Å²) in [6.45, 7) is -0.138. The number of hydrogen-bond acceptors (Lipinski definition) is 4. The van der Waals surface area contributed by atoms with E-state index in [9.17, 15) is 14.0 Å². The van der Waals surface area contributed by atoms with Crippen molar-refractivity contribution in [1.82, 2.24) is 0 Å². The van der Waals surface area contributed by atoms with Crippen LogP contribution >= 0.6 is 15.9 Å². The van der Waals surface area contributed by atoms with E-state index in [1.165, 1.54) is 0 Å². The van der Waals surface area contributed by atoms with E-state index in [-0.39, 0.29) is 12.9 Å². The van der Waals surface area contributed by atoms with Crippen molar-refractivity contribution in [3.05, 3.63) is 35.9 Å². The van der Waals surface area contributed by atoms with Crippen LogP contribution in [0.4, 0.5) is 4.39 Å². The molecule has 1 aromatic carbocycles. The zero-order valence-electron chi connectivity index (χ0n) is 10.6. The molecule has 3 atom stereocenters. The predicted molar refractivity (Wildman–Crippen MR) is 78.2 cm³/mol. The Balaban J connectivity index is 2.56. The van der Waals surface area contributed by atoms with E-state index in [0.717, 1.165) is 7.00 Å². The van der Waals surface area contributed by atoms with Gasteiger partial charge in [-0.3, -0.25) is 0 Å². The maximum atomic E-state index is 13.4. The zero-order chi connectivity index (χ0) is 15.0. The van der Waals surface area contributed by atoms with Crippen LogP contribution in [0.5, 0.6) is 0 Å². The first kappa shape index (κ1) is 16.8. The molecule has 104 valence electrons. The summed E-state index contributed by atoms with van der Waals surface area (Å²) in [6, 6.07) is 8.39. The standard InChI is InChI=1S/C12H12B2BrFO4/c13-14-20-11(10(16)6-17)9(15)7-19-12(18)8-4-2-1-3-5-8/h1-6,9-11,13H,7H2/t9-,10+,11+/m0/s1. The topological polar surface area (TPSA) is 52.6 Å². The Bertz CT molecular complexity index is 460. The van der Waals surface area contributed by atoms with Crippen molar-refractivity contribution < 1.29 is 23.4 Å². The van der Waals surface area contributed by atoms with E-state index in [2.05, 4.69) is 23.3 Å². The van der Waals surface area contributed by atoms with Gasteiger partial charge in [-0.2, -0.15) is 0 Å². The van der Waals surface area contributed by atoms with Crippen LogP contribution in [0.15, 0.2) is 30.3 Å². The summed E-state index contributed by atoms with van der Waals surface area (Å²) in [5, 5.41) is 0. The molecule has 1 aromatic rings. The molecule has 0 amide bonds. The molecule has 0 saturated heterocycles. The van der Waals surface area contributed by atoms with Crippen LogP contribution in [0.3, 0.4) is 0 Å². The summed E-state index contributed by atoms with van der Waals surface area (Å²) < 4.78 is 23.3. The van der Waals surface area contributed by atoms with Crippen molar-refractivity contribution in [3.63, 3.8) is 0 Å². The molecule has 0 aromatic heterocycles. The summed E-state index contributed by atoms with van der Waals surface area (Å²) in [6.07, 6.45) is -2.82. The second-order valence-corrected chi connectivity index (χ2v) is 5.00. The van der Waals surface area contributed by atoms with Gasteiger partial charge >= 0.3 is 126 Å². The van der Waals surface area contributed by atoms with Gasteiger partial charge in [-0.15, -0.1) is 0 Å². The van der Waals surface area contributed by atoms with Gasteiger partial charge in [0, 0.05) is 0 Å². The third-order valence-corrected chi connectivity index (χ3v) is 3.22. The predicted octanol–water partition coefficient (Wildman–Crippen LogP) is 0.964. The average molecular weight is 341 g/mol. The molecule has 0 bridgehead atoms. The average Bonchev–Trinajstić information content (AvgIpc) is 2.50. The van der Waals surface area contributed by atoms with E-state index < -0.39 is 23.1 Å². The Labute approximate surface area is 126 Å². The fourth-order valence-electron chi connectivity index (χ4n) is 1.46. The maximum absolute atomic E-state index is 13.4. The Morgan fingerprint density at radius 2 is 2.10 bits per heavy atom. The Morgan fingerprint density at radius 1 is 1.45 bits per heavy atom. The van der Waals surface area contributed by atoms with Crippen molar-refractivity contribution in [2.24, 2.45) is 0 Å². The van der Waals surface area contributed by atoms with Crippen LogP contribution in [-0.4, -0.2) is 50.3 Å². The number of rotatable bonds is 8. The second kappa shape index (κ2) is 8.79. The van der Waals surface area contributed by atoms with Crippen LogP contribution in [0, 0.1) is 0 Å². The molecule has 0 saturated carbocycles. The normalized spacial score (nSPS) is 14.4. The van der Waals surface area contributed by atoms with Gasteiger partial charge in [0.2, 0.25) is 0 Å². The number of halogens is 2. The van der Waals surface area contributed by atoms with Crippen LogP contribution in [0.2, 0.25) is 0 Å². The molecule has 0 spiro atoms. The summed E-state index contributed by atoms with van der Waals surface area (Å²) >= 11 is 3.14. The van der Waals surface area contributed by atoms with Crippen molar-refractivity contribution >= 4 is 42.6 Å². The molecule has 4 nitrogen and oxygen atoms in total. The van der Waals surface area contributed by atoms with Gasteiger partial charge in [-0.25, -0.2) is 0 Å². The number of benzene rings is 1. The third kappa shape index (κ3) is 5.00. The summed E-state index contributed by atoms with van der Waals surface area (Å²) in [7, 11) is 4.34. The van der Waals surface area contributed by atoms with Gasteiger partial charge in [-0.05, 0) is 0 Å². The van der Waals surface area contributed by atoms with Gasteiger partial charge in [-0.1, -0.05) is 0 Å². The van der Waals surface area contributed by atoms with Crippen molar-refractivity contribution in [3.8, 4) is 0 Å². The summed E-state index contributed by atoms with van der Waals surface area (Å²) in [5.41, 5.74) is 0.389. The quantitative estimate of drug-likeness (QED) is 0.306. The van der Waals surface area contributed by atoms with Crippen LogP contribution < -0.4 is 0 Å². The van der Waals surface area contributed by atoms with Gasteiger partial charge in [0.25, 0.3) is 0 Å². The molecule has 0 aliphatic carbocycles. The molecule has 0 heterocycles. The first-order chi connectivity index (χ1) is 9.60. The van der Waals surface area contributed by atoms with Crippen molar-refractivity contribution in [1.29, 1.82) is 0 Å². The number of esters is 1. The molecule has 0 aliphatic heterocycles. The molecule has 0 unspecified atom stereocenters. The fourth-order valence-corrected chi connectivity index (χ4v) is 2.00. The fraction of sp³-hybridized carbons (Fsp3) is 0.333. The summed E-state index contributed by atoms with van der Waals surface area (Å²) in [5.74, 6) is -0.533. The monoisotopic (exact) mass is 340 g/mol. The molecular formula is C12H12B2BrFO4. The molecule has 0 N–H and O–H groups in total. The molecule has 20 heavy (non-hydrogen) atoms. The van der Waals surface area contributed by atoms with E-state index in [1.54, 1.807) is 30.3 Å². The van der Waals surface area contributed by atoms with Gasteiger partial charge in [0.1, 0.15) is 0 Å². The van der Waals surface area contributed by atoms with Crippen LogP contribution in [0.25, 0.3) is 0 Å². The molecule has 0 aliphatic rings. The Morgan fingerprint density at radius 3 is 2.65 bits per heavy atom. The van der Waals surface area contributed by atoms with E-state index in [1.807, 2.05) is 0 Å². The molecule has 0 radical (unpaired) electrons. The van der Waals surface area contributed by atoms with Crippen molar-refractivity contribution in [2.45, 2.75) is 17.1 Å². The molecular weight excluding hydrogens is 329 g/mol. The first-order valence-electron chi connectivity index (χ1n) is 5.82. The SMILES string of the molecule is B=BO[C@@H]([C@H](F)C=O)[C@@H](Br)COC(=O)c1ccccc1. The van der Waals surface area contributed by atoms with Crippen LogP contribution in [-0.2, 0) is 14.2 Å². The van der Waals surface area contributed by atoms with E-state index >= 15 is 0 Å². The third-order valence-electron chi connectivity index (χ3n) is 2.44. The van der Waals surface area contributed by atoms with Gasteiger partial charge < -0.3 is 0 Å². The number of carbonyl (C=O) groups is 2. The van der Waals surface area contributed by atoms with Crippen molar-refractivity contribution in [2.75, 3.05) is 6.61 Å². The minimum atomic E-state index is -1.84. The molecule has 0 fully saturated rings. The molecule has 8 heteroatoms. The first-order valence-corrected chi connectivity index (χ1v) is 6.73. The number of carbonyl (C=O) groups excluding carboxylic acids is 2. The second-order valence-electron chi connectivity index (χ2n) is 3.83. The zero-order valence-corrected chi connectivity index (χ0v) is 12.2. The van der Waals surface area contributed by atoms with Gasteiger partial charge in [0.05, 0.1) is 0 Å². The number of aldehydes is 1. The number of hydrogen-bond donors (Lipinski definition) is 0. The van der Waals surface area contributed by atoms with Gasteiger partial charge in [0.15, 0.2) is 0 Å². The molecule has 1 rings (SSSR count). The number of ether oxygens (including phenoxy) is 1. The Hall–Kier alpha value is -1.30. The summed E-state index contributed by atoms with van der Waals surface area (Å²) in [4.78, 5) is 21.5. The van der Waals surface area contributed by atoms with Crippen LogP contribution in [0.1, 0.15) is 10.4 Å². The minimum absolute atomic E-state index is 0.126. The number of alkyl halides is 2. The van der Waals surface area contributed by atoms with E-state index in [4.69, 9.17) is 9.39 Å². The Kier molecular flexibility index (Phi) is 7.36. The van der Waals surface area contributed by atoms with E-state index in [0.29, 0.717) is 5.56 Å².